The lowest BCUT2D eigenvalue weighted by molar-refractivity contribution is 0.0746. The SMILES string of the molecule is COc1ccc(N2CCN(C(=O)c3cccc(CSc4nc(Cl)cc(N5CCN(c6ccccc6Cl)CC5)n4)c3)CC2)cc1. The fourth-order valence-corrected chi connectivity index (χ4v) is 6.86. The molecule has 0 radical (unpaired) electrons. The van der Waals surface area contributed by atoms with Crippen molar-refractivity contribution in [2.24, 2.45) is 0 Å². The van der Waals surface area contributed by atoms with Crippen molar-refractivity contribution in [3.05, 3.63) is 100 Å². The molecule has 0 bridgehead atoms. The summed E-state index contributed by atoms with van der Waals surface area (Å²) in [7, 11) is 1.67. The summed E-state index contributed by atoms with van der Waals surface area (Å²) in [6.07, 6.45) is 0. The Hall–Kier alpha value is -3.66. The smallest absolute Gasteiger partial charge is 0.253 e. The van der Waals surface area contributed by atoms with Gasteiger partial charge in [-0.25, -0.2) is 9.97 Å². The molecule has 2 saturated heterocycles. The van der Waals surface area contributed by atoms with E-state index in [-0.39, 0.29) is 5.91 Å². The number of rotatable bonds is 8. The lowest BCUT2D eigenvalue weighted by Crippen LogP contribution is -2.48. The zero-order valence-electron chi connectivity index (χ0n) is 24.5. The second-order valence-corrected chi connectivity index (χ2v) is 12.5. The highest BCUT2D eigenvalue weighted by Crippen LogP contribution is 2.29. The molecule has 0 saturated carbocycles. The Morgan fingerprint density at radius 3 is 2.23 bits per heavy atom. The van der Waals surface area contributed by atoms with Gasteiger partial charge in [-0.05, 0) is 54.1 Å². The minimum atomic E-state index is 0.0588. The van der Waals surface area contributed by atoms with Crippen LogP contribution < -0.4 is 19.4 Å². The lowest BCUT2D eigenvalue weighted by Gasteiger charge is -2.37. The summed E-state index contributed by atoms with van der Waals surface area (Å²) in [5.74, 6) is 2.35. The number of thioether (sulfide) groups is 1. The number of carbonyl (C=O) groups is 1. The average molecular weight is 650 g/mol. The topological polar surface area (TPSA) is 65.0 Å². The first-order valence-electron chi connectivity index (χ1n) is 14.7. The van der Waals surface area contributed by atoms with Crippen molar-refractivity contribution in [2.75, 3.05) is 74.2 Å². The molecule has 3 aromatic carbocycles. The zero-order chi connectivity index (χ0) is 30.5. The number of methoxy groups -OCH3 is 1. The first-order valence-corrected chi connectivity index (χ1v) is 16.4. The third-order valence-electron chi connectivity index (χ3n) is 8.00. The van der Waals surface area contributed by atoms with Crippen LogP contribution in [-0.4, -0.2) is 80.2 Å². The Balaban J connectivity index is 1.04. The largest absolute Gasteiger partial charge is 0.497 e. The Bertz CT molecular complexity index is 1590. The van der Waals surface area contributed by atoms with Gasteiger partial charge in [-0.1, -0.05) is 59.2 Å². The molecule has 2 aliphatic rings. The van der Waals surface area contributed by atoms with Gasteiger partial charge >= 0.3 is 0 Å². The van der Waals surface area contributed by atoms with Gasteiger partial charge in [0.1, 0.15) is 16.7 Å². The molecule has 44 heavy (non-hydrogen) atoms. The maximum Gasteiger partial charge on any atom is 0.253 e. The van der Waals surface area contributed by atoms with E-state index in [1.807, 2.05) is 65.6 Å². The van der Waals surface area contributed by atoms with Crippen LogP contribution in [0.1, 0.15) is 15.9 Å². The van der Waals surface area contributed by atoms with E-state index in [0.717, 1.165) is 72.8 Å². The van der Waals surface area contributed by atoms with Crippen molar-refractivity contribution in [2.45, 2.75) is 10.9 Å². The molecule has 0 unspecified atom stereocenters. The van der Waals surface area contributed by atoms with Crippen LogP contribution in [0.2, 0.25) is 10.2 Å². The highest BCUT2D eigenvalue weighted by Gasteiger charge is 2.23. The van der Waals surface area contributed by atoms with E-state index < -0.39 is 0 Å². The van der Waals surface area contributed by atoms with Gasteiger partial charge in [-0.15, -0.1) is 0 Å². The van der Waals surface area contributed by atoms with Gasteiger partial charge in [0.25, 0.3) is 5.91 Å². The second kappa shape index (κ2) is 14.0. The Labute approximate surface area is 272 Å². The van der Waals surface area contributed by atoms with Crippen molar-refractivity contribution in [1.82, 2.24) is 14.9 Å². The highest BCUT2D eigenvalue weighted by atomic mass is 35.5. The first kappa shape index (κ1) is 30.4. The van der Waals surface area contributed by atoms with Gasteiger partial charge in [0.15, 0.2) is 5.16 Å². The fourth-order valence-electron chi connectivity index (χ4n) is 5.58. The standard InChI is InChI=1S/C33H34Cl2N6O2S/c1-43-27-11-9-26(10-12-27)38-13-19-41(20-14-38)32(42)25-6-4-5-24(21-25)23-44-33-36-30(35)22-31(37-33)40-17-15-39(16-18-40)29-8-3-2-7-28(29)34/h2-12,21-22H,13-20,23H2,1H3. The molecule has 8 nitrogen and oxygen atoms in total. The molecule has 0 atom stereocenters. The van der Waals surface area contributed by atoms with Gasteiger partial charge in [0.2, 0.25) is 0 Å². The van der Waals surface area contributed by atoms with Gasteiger partial charge in [-0.3, -0.25) is 4.79 Å². The van der Waals surface area contributed by atoms with Crippen LogP contribution in [-0.2, 0) is 5.75 Å². The Morgan fingerprint density at radius 2 is 1.50 bits per heavy atom. The van der Waals surface area contributed by atoms with Gasteiger partial charge < -0.3 is 24.3 Å². The summed E-state index contributed by atoms with van der Waals surface area (Å²) in [5, 5.41) is 1.80. The van der Waals surface area contributed by atoms with Crippen molar-refractivity contribution < 1.29 is 9.53 Å². The summed E-state index contributed by atoms with van der Waals surface area (Å²) in [4.78, 5) is 31.4. The number of nitrogens with zero attached hydrogens (tertiary/aromatic N) is 6. The molecule has 4 aromatic rings. The van der Waals surface area contributed by atoms with Crippen LogP contribution in [0.25, 0.3) is 0 Å². The highest BCUT2D eigenvalue weighted by molar-refractivity contribution is 7.98. The second-order valence-electron chi connectivity index (χ2n) is 10.7. The van der Waals surface area contributed by atoms with Crippen LogP contribution in [0.5, 0.6) is 5.75 Å². The van der Waals surface area contributed by atoms with E-state index in [1.54, 1.807) is 7.11 Å². The molecule has 1 aromatic heterocycles. The first-order chi connectivity index (χ1) is 21.5. The molecule has 11 heteroatoms. The third-order valence-corrected chi connectivity index (χ3v) is 9.44. The van der Waals surface area contributed by atoms with Crippen LogP contribution in [0.3, 0.4) is 0 Å². The number of ether oxygens (including phenoxy) is 1. The number of hydrogen-bond donors (Lipinski definition) is 0. The maximum atomic E-state index is 13.4. The Kier molecular flexibility index (Phi) is 9.64. The average Bonchev–Trinajstić information content (AvgIpc) is 3.07. The van der Waals surface area contributed by atoms with E-state index in [9.17, 15) is 4.79 Å². The number of hydrogen-bond acceptors (Lipinski definition) is 8. The predicted molar refractivity (Wildman–Crippen MR) is 180 cm³/mol. The van der Waals surface area contributed by atoms with Gasteiger partial charge in [0.05, 0.1) is 17.8 Å². The quantitative estimate of drug-likeness (QED) is 0.124. The molecule has 0 aliphatic carbocycles. The molecule has 3 heterocycles. The predicted octanol–water partition coefficient (Wildman–Crippen LogP) is 6.37. The summed E-state index contributed by atoms with van der Waals surface area (Å²) in [5.41, 5.74) is 3.94. The summed E-state index contributed by atoms with van der Waals surface area (Å²) in [6.45, 7) is 6.22. The normalized spacial score (nSPS) is 15.4. The lowest BCUT2D eigenvalue weighted by atomic mass is 10.1. The molecule has 228 valence electrons. The van der Waals surface area contributed by atoms with Crippen LogP contribution in [0.15, 0.2) is 84.0 Å². The minimum Gasteiger partial charge on any atom is -0.497 e. The van der Waals surface area contributed by atoms with Crippen molar-refractivity contribution >= 4 is 58.1 Å². The van der Waals surface area contributed by atoms with Crippen LogP contribution in [0.4, 0.5) is 17.2 Å². The Morgan fingerprint density at radius 1 is 0.795 bits per heavy atom. The van der Waals surface area contributed by atoms with E-state index >= 15 is 0 Å². The summed E-state index contributed by atoms with van der Waals surface area (Å²) < 4.78 is 5.27. The number of anilines is 3. The molecule has 6 rings (SSSR count). The molecule has 0 N–H and O–H groups in total. The third kappa shape index (κ3) is 7.17. The van der Waals surface area contributed by atoms with Gasteiger partial charge in [0, 0.05) is 75.4 Å². The minimum absolute atomic E-state index is 0.0588. The number of benzene rings is 3. The molecular formula is C33H34Cl2N6O2S. The number of para-hydroxylation sites is 1. The van der Waals surface area contributed by atoms with Crippen molar-refractivity contribution in [3.8, 4) is 5.75 Å². The molecule has 0 spiro atoms. The number of amides is 1. The maximum absolute atomic E-state index is 13.4. The number of piperazine rings is 2. The number of aromatic nitrogens is 2. The van der Waals surface area contributed by atoms with Crippen LogP contribution >= 0.6 is 35.0 Å². The van der Waals surface area contributed by atoms with E-state index in [1.165, 1.54) is 11.8 Å². The van der Waals surface area contributed by atoms with Crippen molar-refractivity contribution in [3.63, 3.8) is 0 Å². The van der Waals surface area contributed by atoms with E-state index in [2.05, 4.69) is 37.9 Å². The van der Waals surface area contributed by atoms with E-state index in [0.29, 0.717) is 34.7 Å². The molecule has 2 fully saturated rings. The monoisotopic (exact) mass is 648 g/mol. The van der Waals surface area contributed by atoms with Crippen LogP contribution in [0, 0.1) is 0 Å². The van der Waals surface area contributed by atoms with Gasteiger partial charge in [-0.2, -0.15) is 0 Å². The van der Waals surface area contributed by atoms with Crippen molar-refractivity contribution in [1.29, 1.82) is 0 Å². The fraction of sp³-hybridized carbons (Fsp3) is 0.303. The van der Waals surface area contributed by atoms with E-state index in [4.69, 9.17) is 32.9 Å². The molecular weight excluding hydrogens is 615 g/mol. The molecule has 2 aliphatic heterocycles. The zero-order valence-corrected chi connectivity index (χ0v) is 26.9. The number of halogens is 2. The summed E-state index contributed by atoms with van der Waals surface area (Å²) >= 11 is 14.4. The number of carbonyl (C=O) groups excluding carboxylic acids is 1. The summed E-state index contributed by atoms with van der Waals surface area (Å²) in [6, 6.07) is 25.7. The molecule has 1 amide bonds.